The number of methoxy groups -OCH3 is 1. The van der Waals surface area contributed by atoms with E-state index in [0.29, 0.717) is 17.2 Å². The number of rotatable bonds is 7. The van der Waals surface area contributed by atoms with Crippen LogP contribution < -0.4 is 20.5 Å². The minimum Gasteiger partial charge on any atom is -0.496 e. The summed E-state index contributed by atoms with van der Waals surface area (Å²) in [6.07, 6.45) is 0.212. The normalized spacial score (nSPS) is 9.96. The van der Waals surface area contributed by atoms with Gasteiger partial charge in [0.05, 0.1) is 13.5 Å². The third-order valence-corrected chi connectivity index (χ3v) is 3.06. The van der Waals surface area contributed by atoms with Crippen LogP contribution in [0.5, 0.6) is 11.5 Å². The van der Waals surface area contributed by atoms with Crippen molar-refractivity contribution in [2.75, 3.05) is 19.0 Å². The second-order valence-electron chi connectivity index (χ2n) is 4.82. The average molecular weight is 314 g/mol. The Bertz CT molecular complexity index is 683. The highest BCUT2D eigenvalue weighted by Gasteiger charge is 2.08. The molecule has 6 nitrogen and oxygen atoms in total. The van der Waals surface area contributed by atoms with Crippen LogP contribution in [-0.2, 0) is 16.0 Å². The van der Waals surface area contributed by atoms with Crippen LogP contribution in [0, 0.1) is 0 Å². The van der Waals surface area contributed by atoms with Gasteiger partial charge in [0, 0.05) is 11.3 Å². The number of nitrogens with one attached hydrogen (secondary N) is 1. The van der Waals surface area contributed by atoms with Crippen molar-refractivity contribution in [2.24, 2.45) is 5.73 Å². The number of hydrogen-bond acceptors (Lipinski definition) is 4. The van der Waals surface area contributed by atoms with E-state index in [1.807, 2.05) is 24.3 Å². The molecule has 2 amide bonds. The maximum atomic E-state index is 12.1. The molecule has 23 heavy (non-hydrogen) atoms. The number of carbonyl (C=O) groups is 2. The predicted molar refractivity (Wildman–Crippen MR) is 86.5 cm³/mol. The first-order valence-electron chi connectivity index (χ1n) is 7.01. The second kappa shape index (κ2) is 7.84. The molecule has 0 saturated heterocycles. The van der Waals surface area contributed by atoms with Gasteiger partial charge in [-0.05, 0) is 30.3 Å². The highest BCUT2D eigenvalue weighted by molar-refractivity contribution is 5.92. The van der Waals surface area contributed by atoms with Gasteiger partial charge in [0.25, 0.3) is 5.91 Å². The standard InChI is InChI=1S/C17H18N2O4/c1-22-15-5-3-2-4-12(15)10-17(21)19-13-6-8-14(9-7-13)23-11-16(18)20/h2-9H,10-11H2,1H3,(H2,18,20)(H,19,21). The average Bonchev–Trinajstić information content (AvgIpc) is 2.54. The smallest absolute Gasteiger partial charge is 0.255 e. The Kier molecular flexibility index (Phi) is 5.57. The van der Waals surface area contributed by atoms with Gasteiger partial charge in [-0.25, -0.2) is 0 Å². The van der Waals surface area contributed by atoms with Gasteiger partial charge in [0.1, 0.15) is 11.5 Å². The molecule has 0 aliphatic rings. The van der Waals surface area contributed by atoms with Gasteiger partial charge in [0.2, 0.25) is 5.91 Å². The predicted octanol–water partition coefficient (Wildman–Crippen LogP) is 1.74. The molecule has 0 saturated carbocycles. The zero-order valence-electron chi connectivity index (χ0n) is 12.7. The first-order chi connectivity index (χ1) is 11.1. The number of nitrogens with two attached hydrogens (primary N) is 1. The number of ether oxygens (including phenoxy) is 2. The fourth-order valence-electron chi connectivity index (χ4n) is 2.02. The van der Waals surface area contributed by atoms with Crippen LogP contribution >= 0.6 is 0 Å². The van der Waals surface area contributed by atoms with E-state index in [4.69, 9.17) is 15.2 Å². The zero-order chi connectivity index (χ0) is 16.7. The number of para-hydroxylation sites is 1. The molecule has 0 aromatic heterocycles. The lowest BCUT2D eigenvalue weighted by molar-refractivity contribution is -0.120. The van der Waals surface area contributed by atoms with Crippen molar-refractivity contribution >= 4 is 17.5 Å². The molecule has 2 aromatic carbocycles. The lowest BCUT2D eigenvalue weighted by atomic mass is 10.1. The van der Waals surface area contributed by atoms with Crippen molar-refractivity contribution in [3.05, 3.63) is 54.1 Å². The number of benzene rings is 2. The SMILES string of the molecule is COc1ccccc1CC(=O)Nc1ccc(OCC(N)=O)cc1. The van der Waals surface area contributed by atoms with E-state index in [1.165, 1.54) is 0 Å². The van der Waals surface area contributed by atoms with Crippen LogP contribution in [0.3, 0.4) is 0 Å². The molecule has 0 aliphatic heterocycles. The van der Waals surface area contributed by atoms with Gasteiger partial charge < -0.3 is 20.5 Å². The van der Waals surface area contributed by atoms with Gasteiger partial charge in [-0.1, -0.05) is 18.2 Å². The molecule has 2 aromatic rings. The van der Waals surface area contributed by atoms with Crippen LogP contribution in [0.4, 0.5) is 5.69 Å². The van der Waals surface area contributed by atoms with E-state index in [1.54, 1.807) is 31.4 Å². The highest BCUT2D eigenvalue weighted by atomic mass is 16.5. The molecule has 0 atom stereocenters. The van der Waals surface area contributed by atoms with Crippen LogP contribution in [0.15, 0.2) is 48.5 Å². The Labute approximate surface area is 134 Å². The first kappa shape index (κ1) is 16.4. The van der Waals surface area contributed by atoms with Crippen molar-refractivity contribution < 1.29 is 19.1 Å². The molecule has 0 unspecified atom stereocenters. The quantitative estimate of drug-likeness (QED) is 0.814. The van der Waals surface area contributed by atoms with Gasteiger partial charge in [-0.3, -0.25) is 9.59 Å². The summed E-state index contributed by atoms with van der Waals surface area (Å²) in [7, 11) is 1.57. The lowest BCUT2D eigenvalue weighted by Crippen LogP contribution is -2.20. The molecule has 0 aliphatic carbocycles. The van der Waals surface area contributed by atoms with Gasteiger partial charge in [-0.15, -0.1) is 0 Å². The lowest BCUT2D eigenvalue weighted by Gasteiger charge is -2.09. The highest BCUT2D eigenvalue weighted by Crippen LogP contribution is 2.19. The fraction of sp³-hybridized carbons (Fsp3) is 0.176. The van der Waals surface area contributed by atoms with E-state index in [9.17, 15) is 9.59 Å². The van der Waals surface area contributed by atoms with Crippen molar-refractivity contribution in [1.82, 2.24) is 0 Å². The molecule has 0 radical (unpaired) electrons. The summed E-state index contributed by atoms with van der Waals surface area (Å²) in [5.74, 6) is 0.490. The molecule has 0 heterocycles. The molecule has 3 N–H and O–H groups in total. The van der Waals surface area contributed by atoms with Gasteiger partial charge >= 0.3 is 0 Å². The molecule has 6 heteroatoms. The van der Waals surface area contributed by atoms with Crippen molar-refractivity contribution in [1.29, 1.82) is 0 Å². The maximum absolute atomic E-state index is 12.1. The summed E-state index contributed by atoms with van der Waals surface area (Å²) in [4.78, 5) is 22.7. The minimum atomic E-state index is -0.542. The van der Waals surface area contributed by atoms with Crippen molar-refractivity contribution in [2.45, 2.75) is 6.42 Å². The molecule has 0 spiro atoms. The van der Waals surface area contributed by atoms with E-state index >= 15 is 0 Å². The summed E-state index contributed by atoms with van der Waals surface area (Å²) >= 11 is 0. The minimum absolute atomic E-state index is 0.152. The Morgan fingerprint density at radius 2 is 1.78 bits per heavy atom. The summed E-state index contributed by atoms with van der Waals surface area (Å²) < 4.78 is 10.4. The zero-order valence-corrected chi connectivity index (χ0v) is 12.7. The summed E-state index contributed by atoms with van der Waals surface area (Å²) in [5.41, 5.74) is 6.45. The third kappa shape index (κ3) is 5.03. The second-order valence-corrected chi connectivity index (χ2v) is 4.82. The van der Waals surface area contributed by atoms with Crippen LogP contribution in [0.1, 0.15) is 5.56 Å². The number of anilines is 1. The summed E-state index contributed by atoms with van der Waals surface area (Å²) in [5, 5.41) is 2.79. The van der Waals surface area contributed by atoms with Crippen LogP contribution in [-0.4, -0.2) is 25.5 Å². The van der Waals surface area contributed by atoms with E-state index in [-0.39, 0.29) is 18.9 Å². The Morgan fingerprint density at radius 1 is 1.09 bits per heavy atom. The number of hydrogen-bond donors (Lipinski definition) is 2. The van der Waals surface area contributed by atoms with Crippen LogP contribution in [0.2, 0.25) is 0 Å². The molecule has 2 rings (SSSR count). The molecular formula is C17H18N2O4. The van der Waals surface area contributed by atoms with Gasteiger partial charge in [0.15, 0.2) is 6.61 Å². The van der Waals surface area contributed by atoms with Crippen LogP contribution in [0.25, 0.3) is 0 Å². The number of primary amides is 1. The van der Waals surface area contributed by atoms with Crippen molar-refractivity contribution in [3.8, 4) is 11.5 Å². The monoisotopic (exact) mass is 314 g/mol. The molecule has 0 bridgehead atoms. The molecular weight excluding hydrogens is 296 g/mol. The number of carbonyl (C=O) groups excluding carboxylic acids is 2. The van der Waals surface area contributed by atoms with Crippen molar-refractivity contribution in [3.63, 3.8) is 0 Å². The summed E-state index contributed by atoms with van der Waals surface area (Å²) in [6, 6.07) is 14.1. The maximum Gasteiger partial charge on any atom is 0.255 e. The fourth-order valence-corrected chi connectivity index (χ4v) is 2.02. The first-order valence-corrected chi connectivity index (χ1v) is 7.01. The van der Waals surface area contributed by atoms with E-state index < -0.39 is 5.91 Å². The Balaban J connectivity index is 1.93. The topological polar surface area (TPSA) is 90.7 Å². The Hall–Kier alpha value is -3.02. The summed E-state index contributed by atoms with van der Waals surface area (Å²) in [6.45, 7) is -0.181. The van der Waals surface area contributed by atoms with E-state index in [2.05, 4.69) is 5.32 Å². The molecule has 120 valence electrons. The molecule has 0 fully saturated rings. The third-order valence-electron chi connectivity index (χ3n) is 3.06. The van der Waals surface area contributed by atoms with E-state index in [0.717, 1.165) is 5.56 Å². The van der Waals surface area contributed by atoms with Gasteiger partial charge in [-0.2, -0.15) is 0 Å². The number of amides is 2. The Morgan fingerprint density at radius 3 is 2.43 bits per heavy atom. The largest absolute Gasteiger partial charge is 0.496 e.